The average Bonchev–Trinajstić information content (AvgIpc) is 2.64. The topological polar surface area (TPSA) is 80.6 Å². The highest BCUT2D eigenvalue weighted by Crippen LogP contribution is 2.19. The second-order valence-corrected chi connectivity index (χ2v) is 5.02. The van der Waals surface area contributed by atoms with Crippen molar-refractivity contribution < 1.29 is 19.4 Å². The number of aromatic nitrogens is 1. The molecule has 1 rings (SSSR count). The molecule has 20 heavy (non-hydrogen) atoms. The van der Waals surface area contributed by atoms with Crippen LogP contribution in [-0.2, 0) is 9.53 Å². The molecule has 6 heteroatoms. The van der Waals surface area contributed by atoms with E-state index in [4.69, 9.17) is 9.84 Å². The summed E-state index contributed by atoms with van der Waals surface area (Å²) in [5, 5.41) is 11.4. The van der Waals surface area contributed by atoms with Gasteiger partial charge in [-0.25, -0.2) is 4.79 Å². The number of carbonyl (C=O) groups excluding carboxylic acids is 1. The second-order valence-electron chi connectivity index (χ2n) is 5.02. The third kappa shape index (κ3) is 3.39. The van der Waals surface area contributed by atoms with E-state index in [9.17, 15) is 9.59 Å². The Morgan fingerprint density at radius 3 is 2.40 bits per heavy atom. The number of rotatable bonds is 6. The number of nitrogens with zero attached hydrogens (tertiary/aromatic N) is 1. The monoisotopic (exact) mass is 282 g/mol. The smallest absolute Gasteiger partial charge is 0.334 e. The van der Waals surface area contributed by atoms with E-state index in [1.165, 1.54) is 7.11 Å². The van der Waals surface area contributed by atoms with Gasteiger partial charge in [0.2, 0.25) is 0 Å². The van der Waals surface area contributed by atoms with Gasteiger partial charge in [0, 0.05) is 24.5 Å². The number of aryl methyl sites for hydroxylation is 1. The van der Waals surface area contributed by atoms with Gasteiger partial charge in [0.1, 0.15) is 0 Å². The molecule has 0 radical (unpaired) electrons. The van der Waals surface area contributed by atoms with Crippen LogP contribution in [0.2, 0.25) is 0 Å². The van der Waals surface area contributed by atoms with Crippen molar-refractivity contribution in [2.24, 2.45) is 0 Å². The molecule has 0 fully saturated rings. The maximum atomic E-state index is 12.1. The fourth-order valence-electron chi connectivity index (χ4n) is 2.35. The van der Waals surface area contributed by atoms with Crippen molar-refractivity contribution in [3.05, 3.63) is 23.0 Å². The summed E-state index contributed by atoms with van der Waals surface area (Å²) in [4.78, 5) is 22.9. The Morgan fingerprint density at radius 2 is 2.00 bits per heavy atom. The first-order valence-electron chi connectivity index (χ1n) is 6.51. The van der Waals surface area contributed by atoms with Crippen LogP contribution in [0.15, 0.2) is 6.07 Å². The van der Waals surface area contributed by atoms with Crippen LogP contribution in [0.3, 0.4) is 0 Å². The summed E-state index contributed by atoms with van der Waals surface area (Å²) in [6.07, 6.45) is -1.03. The van der Waals surface area contributed by atoms with Crippen molar-refractivity contribution >= 4 is 11.9 Å². The lowest BCUT2D eigenvalue weighted by atomic mass is 10.2. The number of methoxy groups -OCH3 is 1. The maximum Gasteiger partial charge on any atom is 0.334 e. The normalized spacial score (nSPS) is 12.5. The van der Waals surface area contributed by atoms with Gasteiger partial charge in [0.15, 0.2) is 6.10 Å². The van der Waals surface area contributed by atoms with Crippen molar-refractivity contribution in [3.8, 4) is 0 Å². The highest BCUT2D eigenvalue weighted by Gasteiger charge is 2.20. The number of carbonyl (C=O) groups is 2. The Morgan fingerprint density at radius 1 is 1.40 bits per heavy atom. The van der Waals surface area contributed by atoms with Gasteiger partial charge >= 0.3 is 5.97 Å². The van der Waals surface area contributed by atoms with E-state index in [1.807, 2.05) is 33.8 Å². The van der Waals surface area contributed by atoms with Crippen molar-refractivity contribution in [3.63, 3.8) is 0 Å². The average molecular weight is 282 g/mol. The van der Waals surface area contributed by atoms with E-state index in [0.29, 0.717) is 5.56 Å². The Kier molecular flexibility index (Phi) is 5.33. The molecular weight excluding hydrogens is 260 g/mol. The molecule has 6 nitrogen and oxygen atoms in total. The van der Waals surface area contributed by atoms with Crippen molar-refractivity contribution in [1.29, 1.82) is 0 Å². The fraction of sp³-hybridized carbons (Fsp3) is 0.571. The molecule has 0 aliphatic rings. The van der Waals surface area contributed by atoms with Crippen LogP contribution < -0.4 is 5.32 Å². The lowest BCUT2D eigenvalue weighted by molar-refractivity contribution is -0.148. The van der Waals surface area contributed by atoms with E-state index < -0.39 is 12.1 Å². The summed E-state index contributed by atoms with van der Waals surface area (Å²) >= 11 is 0. The third-order valence-electron chi connectivity index (χ3n) is 3.25. The van der Waals surface area contributed by atoms with E-state index in [0.717, 1.165) is 11.4 Å². The van der Waals surface area contributed by atoms with Crippen molar-refractivity contribution in [2.75, 3.05) is 13.7 Å². The summed E-state index contributed by atoms with van der Waals surface area (Å²) < 4.78 is 6.85. The Labute approximate surface area is 118 Å². The van der Waals surface area contributed by atoms with Gasteiger partial charge in [-0.3, -0.25) is 4.79 Å². The quantitative estimate of drug-likeness (QED) is 0.829. The molecule has 0 saturated heterocycles. The molecular formula is C14H22N2O4. The number of carboxylic acids is 1. The SMILES string of the molecule is COC(CNC(=O)c1cc(C)n(C(C)C)c1C)C(=O)O. The van der Waals surface area contributed by atoms with Crippen LogP contribution in [-0.4, -0.2) is 41.3 Å². The number of hydrogen-bond acceptors (Lipinski definition) is 3. The van der Waals surface area contributed by atoms with E-state index in [2.05, 4.69) is 9.88 Å². The summed E-state index contributed by atoms with van der Waals surface area (Å²) in [5.41, 5.74) is 2.44. The predicted molar refractivity (Wildman–Crippen MR) is 75.1 cm³/mol. The fourth-order valence-corrected chi connectivity index (χ4v) is 2.35. The summed E-state index contributed by atoms with van der Waals surface area (Å²) in [6, 6.07) is 2.08. The number of aliphatic carboxylic acids is 1. The van der Waals surface area contributed by atoms with Crippen LogP contribution in [0.4, 0.5) is 0 Å². The van der Waals surface area contributed by atoms with Gasteiger partial charge in [-0.2, -0.15) is 0 Å². The van der Waals surface area contributed by atoms with Crippen LogP contribution in [0.1, 0.15) is 41.6 Å². The van der Waals surface area contributed by atoms with Crippen LogP contribution in [0, 0.1) is 13.8 Å². The minimum absolute atomic E-state index is 0.0595. The molecule has 0 bridgehead atoms. The lowest BCUT2D eigenvalue weighted by Crippen LogP contribution is -2.38. The molecule has 2 N–H and O–H groups in total. The first-order valence-corrected chi connectivity index (χ1v) is 6.51. The highest BCUT2D eigenvalue weighted by molar-refractivity contribution is 5.96. The molecule has 1 amide bonds. The first kappa shape index (κ1) is 16.2. The van der Waals surface area contributed by atoms with Crippen LogP contribution in [0.25, 0.3) is 0 Å². The van der Waals surface area contributed by atoms with Gasteiger partial charge < -0.3 is 19.7 Å². The molecule has 0 aliphatic carbocycles. The molecule has 0 spiro atoms. The largest absolute Gasteiger partial charge is 0.479 e. The van der Waals surface area contributed by atoms with Gasteiger partial charge in [0.05, 0.1) is 12.1 Å². The summed E-state index contributed by atoms with van der Waals surface area (Å²) in [7, 11) is 1.30. The number of nitrogens with one attached hydrogen (secondary N) is 1. The van der Waals surface area contributed by atoms with Gasteiger partial charge in [0.25, 0.3) is 5.91 Å². The molecule has 112 valence electrons. The molecule has 0 aliphatic heterocycles. The zero-order valence-electron chi connectivity index (χ0n) is 12.6. The van der Waals surface area contributed by atoms with Crippen molar-refractivity contribution in [2.45, 2.75) is 39.8 Å². The number of carboxylic acid groups (broad SMARTS) is 1. The summed E-state index contributed by atoms with van der Waals surface area (Å²) in [5.74, 6) is -1.38. The Hall–Kier alpha value is -1.82. The highest BCUT2D eigenvalue weighted by atomic mass is 16.5. The summed E-state index contributed by atoms with van der Waals surface area (Å²) in [6.45, 7) is 7.86. The molecule has 1 aromatic rings. The van der Waals surface area contributed by atoms with E-state index in [1.54, 1.807) is 0 Å². The molecule has 0 saturated carbocycles. The first-order chi connectivity index (χ1) is 9.29. The second kappa shape index (κ2) is 6.56. The zero-order valence-corrected chi connectivity index (χ0v) is 12.6. The number of amides is 1. The maximum absolute atomic E-state index is 12.1. The van der Waals surface area contributed by atoms with Gasteiger partial charge in [-0.1, -0.05) is 0 Å². The number of hydrogen-bond donors (Lipinski definition) is 2. The zero-order chi connectivity index (χ0) is 15.4. The molecule has 1 aromatic heterocycles. The van der Waals surface area contributed by atoms with Crippen molar-refractivity contribution in [1.82, 2.24) is 9.88 Å². The third-order valence-corrected chi connectivity index (χ3v) is 3.25. The van der Waals surface area contributed by atoms with Crippen LogP contribution >= 0.6 is 0 Å². The van der Waals surface area contributed by atoms with Gasteiger partial charge in [-0.05, 0) is 33.8 Å². The van der Waals surface area contributed by atoms with Gasteiger partial charge in [-0.15, -0.1) is 0 Å². The number of ether oxygens (including phenoxy) is 1. The molecule has 1 atom stereocenters. The Balaban J connectivity index is 2.84. The minimum atomic E-state index is -1.10. The Bertz CT molecular complexity index is 506. The predicted octanol–water partition coefficient (Wildman–Crippen LogP) is 1.52. The minimum Gasteiger partial charge on any atom is -0.479 e. The van der Waals surface area contributed by atoms with E-state index in [-0.39, 0.29) is 18.5 Å². The molecule has 1 unspecified atom stereocenters. The van der Waals surface area contributed by atoms with Crippen LogP contribution in [0.5, 0.6) is 0 Å². The van der Waals surface area contributed by atoms with E-state index >= 15 is 0 Å². The molecule has 1 heterocycles. The molecule has 0 aromatic carbocycles. The lowest BCUT2D eigenvalue weighted by Gasteiger charge is -2.14. The standard InChI is InChI=1S/C14H22N2O4/c1-8(2)16-9(3)6-11(10(16)4)13(17)15-7-12(20-5)14(18)19/h6,8,12H,7H2,1-5H3,(H,15,17)(H,18,19).